The van der Waals surface area contributed by atoms with Gasteiger partial charge in [-0.25, -0.2) is 8.42 Å². The average molecular weight is 285 g/mol. The fourth-order valence-electron chi connectivity index (χ4n) is 1.68. The van der Waals surface area contributed by atoms with Crippen LogP contribution in [-0.4, -0.2) is 36.9 Å². The number of carboxylic acids is 1. The first kappa shape index (κ1) is 15.7. The molecule has 5 nitrogen and oxygen atoms in total. The Labute approximate surface area is 113 Å². The number of carboxylic acid groups (broad SMARTS) is 1. The van der Waals surface area contributed by atoms with Gasteiger partial charge in [0.1, 0.15) is 0 Å². The highest BCUT2D eigenvalue weighted by molar-refractivity contribution is 7.89. The van der Waals surface area contributed by atoms with Crippen molar-refractivity contribution in [3.8, 4) is 0 Å². The molecule has 0 bridgehead atoms. The number of sulfonamides is 1. The monoisotopic (exact) mass is 285 g/mol. The van der Waals surface area contributed by atoms with Gasteiger partial charge in [0, 0.05) is 13.1 Å². The van der Waals surface area contributed by atoms with Gasteiger partial charge in [0.05, 0.1) is 11.3 Å². The van der Waals surface area contributed by atoms with Crippen LogP contribution in [0.4, 0.5) is 0 Å². The van der Waals surface area contributed by atoms with Gasteiger partial charge in [-0.1, -0.05) is 24.6 Å². The van der Waals surface area contributed by atoms with Crippen LogP contribution in [0, 0.1) is 6.92 Å². The summed E-state index contributed by atoms with van der Waals surface area (Å²) >= 11 is 0. The molecule has 0 heterocycles. The van der Waals surface area contributed by atoms with Gasteiger partial charge in [0.15, 0.2) is 0 Å². The molecule has 6 heteroatoms. The highest BCUT2D eigenvalue weighted by Gasteiger charge is 2.23. The zero-order valence-electron chi connectivity index (χ0n) is 11.2. The Hall–Kier alpha value is -1.40. The quantitative estimate of drug-likeness (QED) is 0.830. The molecule has 1 rings (SSSR count). The number of nitrogens with zero attached hydrogens (tertiary/aromatic N) is 1. The highest BCUT2D eigenvalue weighted by Crippen LogP contribution is 2.17. The van der Waals surface area contributed by atoms with Gasteiger partial charge in [-0.05, 0) is 25.5 Å². The maximum absolute atomic E-state index is 12.4. The van der Waals surface area contributed by atoms with E-state index in [9.17, 15) is 13.2 Å². The van der Waals surface area contributed by atoms with Crippen LogP contribution in [0.2, 0.25) is 0 Å². The summed E-state index contributed by atoms with van der Waals surface area (Å²) in [6.07, 6.45) is 0.454. The molecule has 0 fully saturated rings. The first-order valence-corrected chi connectivity index (χ1v) is 7.60. The number of aryl methyl sites for hydroxylation is 1. The Morgan fingerprint density at radius 1 is 1.21 bits per heavy atom. The number of hydrogen-bond acceptors (Lipinski definition) is 3. The van der Waals surface area contributed by atoms with E-state index in [2.05, 4.69) is 0 Å². The molecule has 0 saturated heterocycles. The highest BCUT2D eigenvalue weighted by atomic mass is 32.2. The molecule has 0 aliphatic heterocycles. The molecule has 0 saturated carbocycles. The van der Waals surface area contributed by atoms with Crippen molar-refractivity contribution >= 4 is 16.0 Å². The van der Waals surface area contributed by atoms with E-state index in [-0.39, 0.29) is 17.9 Å². The Morgan fingerprint density at radius 3 is 2.26 bits per heavy atom. The lowest BCUT2D eigenvalue weighted by Crippen LogP contribution is -2.33. The fourth-order valence-corrected chi connectivity index (χ4v) is 3.21. The van der Waals surface area contributed by atoms with Crippen molar-refractivity contribution in [2.75, 3.05) is 13.1 Å². The smallest absolute Gasteiger partial charge is 0.304 e. The number of carbonyl (C=O) groups is 1. The Balaban J connectivity index is 2.98. The minimum atomic E-state index is -3.61. The Kier molecular flexibility index (Phi) is 5.50. The largest absolute Gasteiger partial charge is 0.481 e. The second-order valence-electron chi connectivity index (χ2n) is 4.36. The molecule has 0 aliphatic carbocycles. The molecule has 1 N–H and O–H groups in total. The van der Waals surface area contributed by atoms with Gasteiger partial charge < -0.3 is 5.11 Å². The molecular weight excluding hydrogens is 266 g/mol. The first-order chi connectivity index (χ1) is 8.87. The predicted octanol–water partition coefficient (Wildman–Crippen LogP) is 1.87. The van der Waals surface area contributed by atoms with E-state index >= 15 is 0 Å². The SMILES string of the molecule is CCCN(CCC(=O)O)S(=O)(=O)c1ccc(C)cc1. The summed E-state index contributed by atoms with van der Waals surface area (Å²) in [6, 6.07) is 6.56. The van der Waals surface area contributed by atoms with Crippen LogP contribution in [0.5, 0.6) is 0 Å². The maximum Gasteiger partial charge on any atom is 0.304 e. The average Bonchev–Trinajstić information content (AvgIpc) is 2.34. The van der Waals surface area contributed by atoms with Crippen LogP contribution in [0.25, 0.3) is 0 Å². The molecule has 1 aromatic carbocycles. The molecular formula is C13H19NO4S. The number of rotatable bonds is 7. The van der Waals surface area contributed by atoms with E-state index in [1.807, 2.05) is 13.8 Å². The van der Waals surface area contributed by atoms with E-state index in [0.29, 0.717) is 13.0 Å². The second kappa shape index (κ2) is 6.68. The molecule has 1 aromatic rings. The van der Waals surface area contributed by atoms with E-state index in [1.54, 1.807) is 24.3 Å². The van der Waals surface area contributed by atoms with Crippen LogP contribution in [-0.2, 0) is 14.8 Å². The van der Waals surface area contributed by atoms with Gasteiger partial charge in [0.25, 0.3) is 0 Å². The van der Waals surface area contributed by atoms with Crippen molar-refractivity contribution in [1.82, 2.24) is 4.31 Å². The van der Waals surface area contributed by atoms with Crippen LogP contribution in [0.3, 0.4) is 0 Å². The van der Waals surface area contributed by atoms with Gasteiger partial charge >= 0.3 is 5.97 Å². The zero-order valence-corrected chi connectivity index (χ0v) is 12.0. The van der Waals surface area contributed by atoms with Gasteiger partial charge in [-0.3, -0.25) is 4.79 Å². The molecule has 0 radical (unpaired) electrons. The normalized spacial score (nSPS) is 11.7. The summed E-state index contributed by atoms with van der Waals surface area (Å²) < 4.78 is 26.0. The molecule has 0 aromatic heterocycles. The molecule has 0 atom stereocenters. The van der Waals surface area contributed by atoms with E-state index in [4.69, 9.17) is 5.11 Å². The number of benzene rings is 1. The zero-order chi connectivity index (χ0) is 14.5. The lowest BCUT2D eigenvalue weighted by atomic mass is 10.2. The standard InChI is InChI=1S/C13H19NO4S/c1-3-9-14(10-8-13(15)16)19(17,18)12-6-4-11(2)5-7-12/h4-7H,3,8-10H2,1-2H3,(H,15,16). The second-order valence-corrected chi connectivity index (χ2v) is 6.30. The molecule has 0 amide bonds. The van der Waals surface area contributed by atoms with E-state index in [1.165, 1.54) is 4.31 Å². The van der Waals surface area contributed by atoms with Crippen molar-refractivity contribution in [3.05, 3.63) is 29.8 Å². The minimum Gasteiger partial charge on any atom is -0.481 e. The molecule has 0 aliphatic rings. The van der Waals surface area contributed by atoms with Gasteiger partial charge in [-0.2, -0.15) is 4.31 Å². The van der Waals surface area contributed by atoms with Crippen molar-refractivity contribution in [2.45, 2.75) is 31.6 Å². The van der Waals surface area contributed by atoms with Crippen molar-refractivity contribution in [3.63, 3.8) is 0 Å². The lowest BCUT2D eigenvalue weighted by Gasteiger charge is -2.20. The predicted molar refractivity (Wildman–Crippen MR) is 72.5 cm³/mol. The topological polar surface area (TPSA) is 74.7 Å². The van der Waals surface area contributed by atoms with E-state index in [0.717, 1.165) is 5.56 Å². The third-order valence-electron chi connectivity index (χ3n) is 2.71. The summed E-state index contributed by atoms with van der Waals surface area (Å²) in [7, 11) is -3.61. The van der Waals surface area contributed by atoms with Gasteiger partial charge in [0.2, 0.25) is 10.0 Å². The van der Waals surface area contributed by atoms with Crippen molar-refractivity contribution < 1.29 is 18.3 Å². The third kappa shape index (κ3) is 4.33. The van der Waals surface area contributed by atoms with Crippen LogP contribution < -0.4 is 0 Å². The number of aliphatic carboxylic acids is 1. The van der Waals surface area contributed by atoms with E-state index < -0.39 is 16.0 Å². The summed E-state index contributed by atoms with van der Waals surface area (Å²) in [5.74, 6) is -1.000. The Morgan fingerprint density at radius 2 is 1.79 bits per heavy atom. The van der Waals surface area contributed by atoms with Gasteiger partial charge in [-0.15, -0.1) is 0 Å². The van der Waals surface area contributed by atoms with Crippen LogP contribution in [0.1, 0.15) is 25.3 Å². The first-order valence-electron chi connectivity index (χ1n) is 6.16. The Bertz CT molecular complexity index is 522. The third-order valence-corrected chi connectivity index (χ3v) is 4.62. The molecule has 0 unspecified atom stereocenters. The number of hydrogen-bond donors (Lipinski definition) is 1. The molecule has 19 heavy (non-hydrogen) atoms. The van der Waals surface area contributed by atoms with Crippen LogP contribution >= 0.6 is 0 Å². The van der Waals surface area contributed by atoms with Crippen LogP contribution in [0.15, 0.2) is 29.2 Å². The van der Waals surface area contributed by atoms with Crippen molar-refractivity contribution in [1.29, 1.82) is 0 Å². The fraction of sp³-hybridized carbons (Fsp3) is 0.462. The molecule has 106 valence electrons. The summed E-state index contributed by atoms with van der Waals surface area (Å²) in [5, 5.41) is 8.68. The summed E-state index contributed by atoms with van der Waals surface area (Å²) in [6.45, 7) is 4.06. The molecule has 0 spiro atoms. The maximum atomic E-state index is 12.4. The minimum absolute atomic E-state index is 0.000612. The summed E-state index contributed by atoms with van der Waals surface area (Å²) in [4.78, 5) is 10.8. The van der Waals surface area contributed by atoms with Crippen molar-refractivity contribution in [2.24, 2.45) is 0 Å². The lowest BCUT2D eigenvalue weighted by molar-refractivity contribution is -0.137. The summed E-state index contributed by atoms with van der Waals surface area (Å²) in [5.41, 5.74) is 0.978.